The van der Waals surface area contributed by atoms with E-state index in [9.17, 15) is 4.79 Å². The van der Waals surface area contributed by atoms with E-state index in [2.05, 4.69) is 21.5 Å². The molecule has 0 unspecified atom stereocenters. The van der Waals surface area contributed by atoms with Crippen molar-refractivity contribution in [2.24, 2.45) is 0 Å². The van der Waals surface area contributed by atoms with Gasteiger partial charge in [-0.3, -0.25) is 4.79 Å². The molecule has 1 amide bonds. The van der Waals surface area contributed by atoms with E-state index in [1.165, 1.54) is 11.3 Å². The highest BCUT2D eigenvalue weighted by atomic mass is 32.1. The summed E-state index contributed by atoms with van der Waals surface area (Å²) in [6, 6.07) is 0. The lowest BCUT2D eigenvalue weighted by Gasteiger charge is -2.19. The third-order valence-electron chi connectivity index (χ3n) is 2.37. The summed E-state index contributed by atoms with van der Waals surface area (Å²) in [7, 11) is 0. The van der Waals surface area contributed by atoms with Crippen LogP contribution in [0.3, 0.4) is 0 Å². The molecule has 0 aliphatic rings. The number of amides is 1. The van der Waals surface area contributed by atoms with Crippen LogP contribution in [-0.4, -0.2) is 23.0 Å². The lowest BCUT2D eigenvalue weighted by Crippen LogP contribution is -2.25. The largest absolute Gasteiger partial charge is 0.382 e. The van der Waals surface area contributed by atoms with Crippen LogP contribution in [0.4, 0.5) is 10.9 Å². The van der Waals surface area contributed by atoms with E-state index in [1.54, 1.807) is 0 Å². The molecule has 0 saturated carbocycles. The summed E-state index contributed by atoms with van der Waals surface area (Å²) in [4.78, 5) is 16.6. The van der Waals surface area contributed by atoms with E-state index in [0.29, 0.717) is 16.6 Å². The van der Waals surface area contributed by atoms with Crippen molar-refractivity contribution >= 4 is 28.2 Å². The molecule has 20 heavy (non-hydrogen) atoms. The van der Waals surface area contributed by atoms with Gasteiger partial charge in [0.25, 0.3) is 5.91 Å². The SMILES string of the molecule is C#CCCCCNC(=O)c1sc(NC(C)(C)C)nc1N. The van der Waals surface area contributed by atoms with Crippen LogP contribution in [-0.2, 0) is 0 Å². The quantitative estimate of drug-likeness (QED) is 0.556. The maximum atomic E-state index is 12.0. The Labute approximate surface area is 124 Å². The number of nitrogen functional groups attached to an aromatic ring is 1. The van der Waals surface area contributed by atoms with Gasteiger partial charge in [-0.2, -0.15) is 0 Å². The zero-order chi connectivity index (χ0) is 15.2. The molecule has 0 aliphatic carbocycles. The lowest BCUT2D eigenvalue weighted by molar-refractivity contribution is 0.0957. The van der Waals surface area contributed by atoms with Crippen molar-refractivity contribution in [3.63, 3.8) is 0 Å². The van der Waals surface area contributed by atoms with Crippen LogP contribution in [0.5, 0.6) is 0 Å². The normalized spacial score (nSPS) is 10.9. The first-order valence-corrected chi connectivity index (χ1v) is 7.41. The number of rotatable bonds is 6. The fourth-order valence-corrected chi connectivity index (χ4v) is 2.51. The zero-order valence-corrected chi connectivity index (χ0v) is 13.1. The Hall–Kier alpha value is -1.74. The molecule has 0 fully saturated rings. The van der Waals surface area contributed by atoms with E-state index < -0.39 is 0 Å². The summed E-state index contributed by atoms with van der Waals surface area (Å²) in [5.41, 5.74) is 5.67. The number of carbonyl (C=O) groups excluding carboxylic acids is 1. The van der Waals surface area contributed by atoms with Crippen molar-refractivity contribution in [3.8, 4) is 12.3 Å². The molecular formula is C14H22N4OS. The Morgan fingerprint density at radius 1 is 1.45 bits per heavy atom. The third-order valence-corrected chi connectivity index (χ3v) is 3.36. The van der Waals surface area contributed by atoms with Crippen LogP contribution in [0.2, 0.25) is 0 Å². The number of nitrogens with zero attached hydrogens (tertiary/aromatic N) is 1. The van der Waals surface area contributed by atoms with E-state index in [-0.39, 0.29) is 17.3 Å². The van der Waals surface area contributed by atoms with Gasteiger partial charge < -0.3 is 16.4 Å². The fourth-order valence-electron chi connectivity index (χ4n) is 1.50. The second-order valence-corrected chi connectivity index (χ2v) is 6.52. The molecule has 1 aromatic heterocycles. The number of nitrogens with two attached hydrogens (primary N) is 1. The van der Waals surface area contributed by atoms with Crippen molar-refractivity contribution in [2.45, 2.75) is 45.6 Å². The van der Waals surface area contributed by atoms with Crippen molar-refractivity contribution in [1.29, 1.82) is 0 Å². The van der Waals surface area contributed by atoms with Gasteiger partial charge in [0.2, 0.25) is 0 Å². The predicted octanol–water partition coefficient (Wildman–Crippen LogP) is 2.47. The summed E-state index contributed by atoms with van der Waals surface area (Å²) in [5, 5.41) is 6.70. The molecule has 5 nitrogen and oxygen atoms in total. The van der Waals surface area contributed by atoms with Gasteiger partial charge in [0.1, 0.15) is 10.7 Å². The van der Waals surface area contributed by atoms with Gasteiger partial charge in [-0.25, -0.2) is 4.98 Å². The number of thiazole rings is 1. The van der Waals surface area contributed by atoms with Crippen LogP contribution in [0.15, 0.2) is 0 Å². The molecular weight excluding hydrogens is 272 g/mol. The standard InChI is InChI=1S/C14H22N4OS/c1-5-6-7-8-9-16-12(19)10-11(15)17-13(20-10)18-14(2,3)4/h1H,6-9,15H2,2-4H3,(H,16,19)(H,17,18). The summed E-state index contributed by atoms with van der Waals surface area (Å²) in [6.07, 6.45) is 7.67. The summed E-state index contributed by atoms with van der Waals surface area (Å²) >= 11 is 1.27. The smallest absolute Gasteiger partial charge is 0.265 e. The number of terminal acetylenes is 1. The van der Waals surface area contributed by atoms with Crippen molar-refractivity contribution < 1.29 is 4.79 Å². The Morgan fingerprint density at radius 3 is 2.75 bits per heavy atom. The second-order valence-electron chi connectivity index (χ2n) is 5.53. The van der Waals surface area contributed by atoms with E-state index >= 15 is 0 Å². The Balaban J connectivity index is 2.54. The maximum absolute atomic E-state index is 12.0. The topological polar surface area (TPSA) is 80.0 Å². The van der Waals surface area contributed by atoms with Gasteiger partial charge in [-0.1, -0.05) is 11.3 Å². The molecule has 1 rings (SSSR count). The minimum Gasteiger partial charge on any atom is -0.382 e. The average molecular weight is 294 g/mol. The summed E-state index contributed by atoms with van der Waals surface area (Å²) in [5.74, 6) is 2.66. The van der Waals surface area contributed by atoms with Crippen LogP contribution >= 0.6 is 11.3 Å². The fraction of sp³-hybridized carbons (Fsp3) is 0.571. The van der Waals surface area contributed by atoms with Crippen LogP contribution in [0, 0.1) is 12.3 Å². The van der Waals surface area contributed by atoms with Gasteiger partial charge in [0.05, 0.1) is 0 Å². The van der Waals surface area contributed by atoms with Gasteiger partial charge in [-0.05, 0) is 33.6 Å². The number of anilines is 2. The van der Waals surface area contributed by atoms with E-state index in [1.807, 2.05) is 20.8 Å². The van der Waals surface area contributed by atoms with Crippen LogP contribution in [0.1, 0.15) is 49.7 Å². The number of hydrogen-bond donors (Lipinski definition) is 3. The molecule has 0 bridgehead atoms. The van der Waals surface area contributed by atoms with Crippen LogP contribution in [0.25, 0.3) is 0 Å². The monoisotopic (exact) mass is 294 g/mol. The number of unbranched alkanes of at least 4 members (excludes halogenated alkanes) is 2. The first-order chi connectivity index (χ1) is 9.33. The molecule has 1 aromatic rings. The Bertz CT molecular complexity index is 496. The molecule has 4 N–H and O–H groups in total. The molecule has 110 valence electrons. The van der Waals surface area contributed by atoms with Crippen molar-refractivity contribution in [3.05, 3.63) is 4.88 Å². The molecule has 0 spiro atoms. The maximum Gasteiger partial charge on any atom is 0.265 e. The second kappa shape index (κ2) is 7.15. The number of carbonyl (C=O) groups is 1. The molecule has 0 aromatic carbocycles. The van der Waals surface area contributed by atoms with Crippen molar-refractivity contribution in [2.75, 3.05) is 17.6 Å². The summed E-state index contributed by atoms with van der Waals surface area (Å²) in [6.45, 7) is 6.67. The minimum absolute atomic E-state index is 0.118. The molecule has 0 radical (unpaired) electrons. The molecule has 0 aliphatic heterocycles. The van der Waals surface area contributed by atoms with Crippen molar-refractivity contribution in [1.82, 2.24) is 10.3 Å². The lowest BCUT2D eigenvalue weighted by atomic mass is 10.1. The molecule has 6 heteroatoms. The highest BCUT2D eigenvalue weighted by Crippen LogP contribution is 2.27. The predicted molar refractivity (Wildman–Crippen MR) is 84.9 cm³/mol. The Kier molecular flexibility index (Phi) is 5.83. The number of nitrogens with one attached hydrogen (secondary N) is 2. The van der Waals surface area contributed by atoms with Gasteiger partial charge in [-0.15, -0.1) is 12.3 Å². The van der Waals surface area contributed by atoms with Gasteiger partial charge >= 0.3 is 0 Å². The minimum atomic E-state index is -0.178. The highest BCUT2D eigenvalue weighted by Gasteiger charge is 2.18. The summed E-state index contributed by atoms with van der Waals surface area (Å²) < 4.78 is 0. The van der Waals surface area contributed by atoms with Gasteiger partial charge in [0, 0.05) is 18.5 Å². The first kappa shape index (κ1) is 16.3. The van der Waals surface area contributed by atoms with E-state index in [4.69, 9.17) is 12.2 Å². The molecule has 1 heterocycles. The first-order valence-electron chi connectivity index (χ1n) is 6.59. The molecule has 0 atom stereocenters. The van der Waals surface area contributed by atoms with Gasteiger partial charge in [0.15, 0.2) is 5.13 Å². The molecule has 0 saturated heterocycles. The number of aromatic nitrogens is 1. The zero-order valence-electron chi connectivity index (χ0n) is 12.2. The van der Waals surface area contributed by atoms with Crippen LogP contribution < -0.4 is 16.4 Å². The Morgan fingerprint density at radius 2 is 2.15 bits per heavy atom. The third kappa shape index (κ3) is 5.49. The number of hydrogen-bond acceptors (Lipinski definition) is 5. The van der Waals surface area contributed by atoms with E-state index in [0.717, 1.165) is 19.3 Å². The average Bonchev–Trinajstić information content (AvgIpc) is 2.67. The highest BCUT2D eigenvalue weighted by molar-refractivity contribution is 7.18.